The first-order chi connectivity index (χ1) is 12.8. The number of carboxylic acid groups (broad SMARTS) is 2. The number of carboxylic acids is 2. The molecule has 0 heterocycles. The highest BCUT2D eigenvalue weighted by Crippen LogP contribution is 2.00. The van der Waals surface area contributed by atoms with Gasteiger partial charge in [0.05, 0.1) is 12.1 Å². The summed E-state index contributed by atoms with van der Waals surface area (Å²) in [6.45, 7) is 4.13. The summed E-state index contributed by atoms with van der Waals surface area (Å²) >= 11 is 0. The highest BCUT2D eigenvalue weighted by Gasteiger charge is 2.25. The average molecular weight is 391 g/mol. The molecule has 2 amide bonds. The maximum atomic E-state index is 12.1. The fourth-order valence-electron chi connectivity index (χ4n) is 2.02. The lowest BCUT2D eigenvalue weighted by molar-refractivity contribution is -0.142. The van der Waals surface area contributed by atoms with Crippen LogP contribution < -0.4 is 27.0 Å². The molecule has 11 heteroatoms. The average Bonchev–Trinajstić information content (AvgIpc) is 2.63. The van der Waals surface area contributed by atoms with Crippen LogP contribution in [0.2, 0.25) is 0 Å². The van der Waals surface area contributed by atoms with Gasteiger partial charge in [0.25, 0.3) is 0 Å². The molecule has 1 unspecified atom stereocenters. The highest BCUT2D eigenvalue weighted by molar-refractivity contribution is 5.87. The van der Waals surface area contributed by atoms with Crippen LogP contribution in [0.25, 0.3) is 0 Å². The van der Waals surface area contributed by atoms with Crippen molar-refractivity contribution >= 4 is 23.8 Å². The molecule has 8 N–H and O–H groups in total. The molecule has 0 saturated carbocycles. The molecule has 0 aromatic carbocycles. The molecule has 0 rings (SSSR count). The van der Waals surface area contributed by atoms with Crippen molar-refractivity contribution < 1.29 is 29.4 Å². The first-order valence-electron chi connectivity index (χ1n) is 8.84. The molecule has 0 fully saturated rings. The Morgan fingerprint density at radius 2 is 1.44 bits per heavy atom. The van der Waals surface area contributed by atoms with Gasteiger partial charge in [0.15, 0.2) is 0 Å². The number of rotatable bonds is 13. The molecule has 0 radical (unpaired) electrons. The Morgan fingerprint density at radius 3 is 1.85 bits per heavy atom. The van der Waals surface area contributed by atoms with Crippen LogP contribution in [0.4, 0.5) is 0 Å². The number of aliphatic carboxylic acids is 2. The molecule has 0 spiro atoms. The van der Waals surface area contributed by atoms with Gasteiger partial charge in [0.1, 0.15) is 6.04 Å². The Balaban J connectivity index is 0. The minimum absolute atomic E-state index is 0.0246. The van der Waals surface area contributed by atoms with Gasteiger partial charge in [0, 0.05) is 19.5 Å². The fourth-order valence-corrected chi connectivity index (χ4v) is 2.02. The lowest BCUT2D eigenvalue weighted by atomic mass is 10.1. The van der Waals surface area contributed by atoms with Crippen LogP contribution in [-0.4, -0.2) is 79.3 Å². The van der Waals surface area contributed by atoms with E-state index in [1.54, 1.807) is 7.05 Å². The van der Waals surface area contributed by atoms with Crippen molar-refractivity contribution in [3.63, 3.8) is 0 Å². The maximum Gasteiger partial charge on any atom is 0.326 e. The van der Waals surface area contributed by atoms with Gasteiger partial charge in [-0.2, -0.15) is 0 Å². The van der Waals surface area contributed by atoms with E-state index in [-0.39, 0.29) is 38.3 Å². The van der Waals surface area contributed by atoms with Gasteiger partial charge in [0.2, 0.25) is 11.8 Å². The maximum absolute atomic E-state index is 12.1. The minimum Gasteiger partial charge on any atom is -0.481 e. The molecule has 0 aromatic heterocycles. The Morgan fingerprint density at radius 1 is 0.889 bits per heavy atom. The zero-order chi connectivity index (χ0) is 21.4. The Bertz CT molecular complexity index is 470. The summed E-state index contributed by atoms with van der Waals surface area (Å²) in [7, 11) is 3.05. The zero-order valence-corrected chi connectivity index (χ0v) is 16.4. The van der Waals surface area contributed by atoms with Crippen LogP contribution >= 0.6 is 0 Å². The summed E-state index contributed by atoms with van der Waals surface area (Å²) in [6, 6.07) is -2.61. The molecule has 158 valence electrons. The number of nitrogens with two attached hydrogens (primary N) is 1. The monoisotopic (exact) mass is 391 g/mol. The topological polar surface area (TPSA) is 183 Å². The lowest BCUT2D eigenvalue weighted by Gasteiger charge is -2.20. The molecular weight excluding hydrogens is 358 g/mol. The van der Waals surface area contributed by atoms with Gasteiger partial charge in [-0.1, -0.05) is 13.8 Å². The van der Waals surface area contributed by atoms with E-state index >= 15 is 0 Å². The summed E-state index contributed by atoms with van der Waals surface area (Å²) in [5.74, 6) is -3.28. The van der Waals surface area contributed by atoms with E-state index in [4.69, 9.17) is 10.8 Å². The van der Waals surface area contributed by atoms with Crippen molar-refractivity contribution in [2.75, 3.05) is 27.2 Å². The quantitative estimate of drug-likeness (QED) is 0.188. The van der Waals surface area contributed by atoms with Gasteiger partial charge in [-0.05, 0) is 26.9 Å². The Hall–Kier alpha value is -2.24. The number of carbonyl (C=O) groups is 4. The lowest BCUT2D eigenvalue weighted by Crippen LogP contribution is -2.51. The van der Waals surface area contributed by atoms with E-state index < -0.39 is 36.0 Å². The molecular formula is C16H33N5O6. The number of hydrogen-bond acceptors (Lipinski definition) is 7. The van der Waals surface area contributed by atoms with Gasteiger partial charge in [-0.25, -0.2) is 4.79 Å². The van der Waals surface area contributed by atoms with Gasteiger partial charge >= 0.3 is 11.9 Å². The summed E-state index contributed by atoms with van der Waals surface area (Å²) in [4.78, 5) is 45.6. The molecule has 11 nitrogen and oxygen atoms in total. The molecule has 3 atom stereocenters. The van der Waals surface area contributed by atoms with Crippen LogP contribution in [0.1, 0.15) is 33.1 Å². The van der Waals surface area contributed by atoms with Crippen molar-refractivity contribution in [1.29, 1.82) is 0 Å². The minimum atomic E-state index is -1.25. The first-order valence-corrected chi connectivity index (χ1v) is 8.84. The predicted octanol–water partition coefficient (Wildman–Crippen LogP) is -1.91. The number of nitrogens with one attached hydrogen (secondary N) is 4. The molecule has 0 aliphatic carbocycles. The summed E-state index contributed by atoms with van der Waals surface area (Å²) in [5, 5.41) is 28.1. The second-order valence-electron chi connectivity index (χ2n) is 5.33. The van der Waals surface area contributed by atoms with Crippen molar-refractivity contribution in [2.45, 2.75) is 51.2 Å². The van der Waals surface area contributed by atoms with Gasteiger partial charge in [-0.3, -0.25) is 14.4 Å². The Labute approximate surface area is 159 Å². The number of amides is 2. The van der Waals surface area contributed by atoms with E-state index in [9.17, 15) is 24.3 Å². The van der Waals surface area contributed by atoms with E-state index in [0.717, 1.165) is 0 Å². The van der Waals surface area contributed by atoms with E-state index in [2.05, 4.69) is 21.3 Å². The number of hydrogen-bond donors (Lipinski definition) is 7. The standard InChI is InChI=1S/C14H27N5O6.C2H6/c1-16-8(3-4-11(20)21)13(23)19-9(14(24)25)5-6-18-12(22)10(7-15)17-2;1-2/h8-10,16-17H,3-7,15H2,1-2H3,(H,18,22)(H,19,23)(H,20,21)(H,24,25);1-2H3/t8-,9?,10-;/m0./s1. The van der Waals surface area contributed by atoms with Gasteiger partial charge in [-0.15, -0.1) is 0 Å². The molecule has 0 aliphatic rings. The third-order valence-corrected chi connectivity index (χ3v) is 3.56. The van der Waals surface area contributed by atoms with Crippen LogP contribution in [0.15, 0.2) is 0 Å². The summed E-state index contributed by atoms with van der Waals surface area (Å²) in [5.41, 5.74) is 5.41. The van der Waals surface area contributed by atoms with E-state index in [1.165, 1.54) is 7.05 Å². The largest absolute Gasteiger partial charge is 0.481 e. The fraction of sp³-hybridized carbons (Fsp3) is 0.750. The molecule has 0 saturated heterocycles. The summed E-state index contributed by atoms with van der Waals surface area (Å²) in [6.07, 6.45) is -0.221. The molecule has 27 heavy (non-hydrogen) atoms. The highest BCUT2D eigenvalue weighted by atomic mass is 16.4. The van der Waals surface area contributed by atoms with Gasteiger partial charge < -0.3 is 37.2 Å². The molecule has 0 aliphatic heterocycles. The first kappa shape index (κ1) is 27.0. The third kappa shape index (κ3) is 11.9. The van der Waals surface area contributed by atoms with Crippen LogP contribution in [0.3, 0.4) is 0 Å². The van der Waals surface area contributed by atoms with E-state index in [0.29, 0.717) is 0 Å². The van der Waals surface area contributed by atoms with Crippen molar-refractivity contribution in [1.82, 2.24) is 21.3 Å². The van der Waals surface area contributed by atoms with Crippen molar-refractivity contribution in [3.05, 3.63) is 0 Å². The van der Waals surface area contributed by atoms with Crippen LogP contribution in [0.5, 0.6) is 0 Å². The van der Waals surface area contributed by atoms with Crippen molar-refractivity contribution in [2.24, 2.45) is 5.73 Å². The molecule has 0 aromatic rings. The third-order valence-electron chi connectivity index (χ3n) is 3.56. The Kier molecular flexibility index (Phi) is 16.0. The summed E-state index contributed by atoms with van der Waals surface area (Å²) < 4.78 is 0. The number of likely N-dealkylation sites (N-methyl/N-ethyl adjacent to an activating group) is 2. The zero-order valence-electron chi connectivity index (χ0n) is 16.4. The normalized spacial score (nSPS) is 13.4. The van der Waals surface area contributed by atoms with Crippen LogP contribution in [-0.2, 0) is 19.2 Å². The van der Waals surface area contributed by atoms with E-state index in [1.807, 2.05) is 13.8 Å². The van der Waals surface area contributed by atoms with Crippen molar-refractivity contribution in [3.8, 4) is 0 Å². The molecule has 0 bridgehead atoms. The second-order valence-corrected chi connectivity index (χ2v) is 5.33. The smallest absolute Gasteiger partial charge is 0.326 e. The predicted molar refractivity (Wildman–Crippen MR) is 100 cm³/mol. The second kappa shape index (κ2) is 16.0. The SMILES string of the molecule is CC.CN[C@@H](CN)C(=O)NCCC(NC(=O)[C@H](CCC(=O)O)NC)C(=O)O. The van der Waals surface area contributed by atoms with Crippen LogP contribution in [0, 0.1) is 0 Å². The number of carbonyl (C=O) groups excluding carboxylic acids is 2.